The molecule has 2 rings (SSSR count). The molecule has 0 aliphatic rings. The van der Waals surface area contributed by atoms with E-state index in [1.54, 1.807) is 7.11 Å². The molecule has 0 bridgehead atoms. The van der Waals surface area contributed by atoms with Crippen molar-refractivity contribution in [1.82, 2.24) is 9.97 Å². The number of hydrogen-bond donors (Lipinski definition) is 2. The minimum atomic E-state index is 0.763. The number of methoxy groups -OCH3 is 1. The highest BCUT2D eigenvalue weighted by Crippen LogP contribution is 2.28. The maximum Gasteiger partial charge on any atom is 0.138 e. The predicted molar refractivity (Wildman–Crippen MR) is 80.3 cm³/mol. The van der Waals surface area contributed by atoms with Crippen LogP contribution in [0.25, 0.3) is 0 Å². The maximum atomic E-state index is 5.23. The molecule has 6 heteroatoms. The SMILES string of the molecule is CNc1ncnc(Nc2cc(Br)cc(OC)c2)c1C. The fourth-order valence-corrected chi connectivity index (χ4v) is 2.19. The van der Waals surface area contributed by atoms with Gasteiger partial charge in [0.1, 0.15) is 23.7 Å². The van der Waals surface area contributed by atoms with Crippen molar-refractivity contribution in [3.63, 3.8) is 0 Å². The molecular weight excluding hydrogens is 308 g/mol. The Morgan fingerprint density at radius 3 is 2.58 bits per heavy atom. The van der Waals surface area contributed by atoms with Gasteiger partial charge in [-0.1, -0.05) is 15.9 Å². The Morgan fingerprint density at radius 2 is 1.89 bits per heavy atom. The van der Waals surface area contributed by atoms with E-state index in [4.69, 9.17) is 4.74 Å². The lowest BCUT2D eigenvalue weighted by molar-refractivity contribution is 0.415. The third-order valence-electron chi connectivity index (χ3n) is 2.69. The molecule has 0 amide bonds. The van der Waals surface area contributed by atoms with E-state index in [1.807, 2.05) is 32.2 Å². The largest absolute Gasteiger partial charge is 0.497 e. The summed E-state index contributed by atoms with van der Waals surface area (Å²) >= 11 is 3.45. The molecular formula is C13H15BrN4O. The molecule has 0 fully saturated rings. The first-order valence-electron chi connectivity index (χ1n) is 5.75. The van der Waals surface area contributed by atoms with Crippen molar-refractivity contribution >= 4 is 33.3 Å². The normalized spacial score (nSPS) is 10.1. The molecule has 2 N–H and O–H groups in total. The van der Waals surface area contributed by atoms with E-state index in [-0.39, 0.29) is 0 Å². The van der Waals surface area contributed by atoms with Gasteiger partial charge < -0.3 is 15.4 Å². The summed E-state index contributed by atoms with van der Waals surface area (Å²) in [5.41, 5.74) is 1.86. The Hall–Kier alpha value is -1.82. The molecule has 2 aromatic rings. The summed E-state index contributed by atoms with van der Waals surface area (Å²) < 4.78 is 6.17. The van der Waals surface area contributed by atoms with Crippen LogP contribution in [0.1, 0.15) is 5.56 Å². The minimum Gasteiger partial charge on any atom is -0.497 e. The predicted octanol–water partition coefficient (Wildman–Crippen LogP) is 3.34. The highest BCUT2D eigenvalue weighted by molar-refractivity contribution is 9.10. The van der Waals surface area contributed by atoms with Crippen molar-refractivity contribution in [3.05, 3.63) is 34.6 Å². The van der Waals surface area contributed by atoms with Gasteiger partial charge in [-0.2, -0.15) is 0 Å². The lowest BCUT2D eigenvalue weighted by Crippen LogP contribution is -2.02. The molecule has 100 valence electrons. The highest BCUT2D eigenvalue weighted by Gasteiger charge is 2.07. The number of nitrogens with one attached hydrogen (secondary N) is 2. The van der Waals surface area contributed by atoms with Crippen molar-refractivity contribution in [3.8, 4) is 5.75 Å². The standard InChI is InChI=1S/C13H15BrN4O/c1-8-12(15-2)16-7-17-13(8)18-10-4-9(14)5-11(6-10)19-3/h4-7H,1-3H3,(H2,15,16,17,18). The Labute approximate surface area is 120 Å². The third-order valence-corrected chi connectivity index (χ3v) is 3.15. The molecule has 5 nitrogen and oxygen atoms in total. The van der Waals surface area contributed by atoms with Gasteiger partial charge in [-0.05, 0) is 19.1 Å². The number of benzene rings is 1. The summed E-state index contributed by atoms with van der Waals surface area (Å²) in [5, 5.41) is 6.29. The van der Waals surface area contributed by atoms with E-state index in [1.165, 1.54) is 6.33 Å². The smallest absolute Gasteiger partial charge is 0.138 e. The molecule has 0 radical (unpaired) electrons. The second kappa shape index (κ2) is 5.88. The van der Waals surface area contributed by atoms with Gasteiger partial charge in [0.2, 0.25) is 0 Å². The van der Waals surface area contributed by atoms with Gasteiger partial charge in [0.15, 0.2) is 0 Å². The van der Waals surface area contributed by atoms with E-state index >= 15 is 0 Å². The lowest BCUT2D eigenvalue weighted by atomic mass is 10.2. The number of ether oxygens (including phenoxy) is 1. The van der Waals surface area contributed by atoms with Crippen molar-refractivity contribution in [2.24, 2.45) is 0 Å². The number of halogens is 1. The molecule has 0 saturated carbocycles. The molecule has 1 heterocycles. The number of hydrogen-bond acceptors (Lipinski definition) is 5. The van der Waals surface area contributed by atoms with Crippen LogP contribution >= 0.6 is 15.9 Å². The summed E-state index contributed by atoms with van der Waals surface area (Å²) in [6.07, 6.45) is 1.52. The molecule has 0 aliphatic heterocycles. The van der Waals surface area contributed by atoms with Crippen LogP contribution in [0.15, 0.2) is 29.0 Å². The van der Waals surface area contributed by atoms with E-state index in [0.717, 1.165) is 33.1 Å². The van der Waals surface area contributed by atoms with Crippen LogP contribution in [0, 0.1) is 6.92 Å². The lowest BCUT2D eigenvalue weighted by Gasteiger charge is -2.12. The Morgan fingerprint density at radius 1 is 1.16 bits per heavy atom. The quantitative estimate of drug-likeness (QED) is 0.904. The summed E-state index contributed by atoms with van der Waals surface area (Å²) in [6.45, 7) is 1.96. The monoisotopic (exact) mass is 322 g/mol. The van der Waals surface area contributed by atoms with Crippen LogP contribution in [-0.4, -0.2) is 24.1 Å². The second-order valence-electron chi connectivity index (χ2n) is 3.95. The van der Waals surface area contributed by atoms with Crippen LogP contribution in [0.3, 0.4) is 0 Å². The summed E-state index contributed by atoms with van der Waals surface area (Å²) in [4.78, 5) is 8.40. The summed E-state index contributed by atoms with van der Waals surface area (Å²) in [6, 6.07) is 5.77. The van der Waals surface area contributed by atoms with Crippen molar-refractivity contribution in [2.75, 3.05) is 24.8 Å². The first-order valence-corrected chi connectivity index (χ1v) is 6.54. The topological polar surface area (TPSA) is 59.1 Å². The molecule has 0 spiro atoms. The van der Waals surface area contributed by atoms with E-state index in [2.05, 4.69) is 36.5 Å². The third kappa shape index (κ3) is 3.14. The fourth-order valence-electron chi connectivity index (χ4n) is 1.72. The van der Waals surface area contributed by atoms with Gasteiger partial charge in [0, 0.05) is 28.8 Å². The van der Waals surface area contributed by atoms with E-state index < -0.39 is 0 Å². The van der Waals surface area contributed by atoms with Crippen LogP contribution < -0.4 is 15.4 Å². The van der Waals surface area contributed by atoms with Crippen molar-refractivity contribution in [1.29, 1.82) is 0 Å². The van der Waals surface area contributed by atoms with Crippen LogP contribution in [0.5, 0.6) is 5.75 Å². The minimum absolute atomic E-state index is 0.763. The Balaban J connectivity index is 2.33. The fraction of sp³-hybridized carbons (Fsp3) is 0.231. The van der Waals surface area contributed by atoms with Gasteiger partial charge in [0.05, 0.1) is 7.11 Å². The average molecular weight is 323 g/mol. The molecule has 0 atom stereocenters. The number of rotatable bonds is 4. The summed E-state index contributed by atoms with van der Waals surface area (Å²) in [7, 11) is 3.47. The molecule has 0 saturated heterocycles. The van der Waals surface area contributed by atoms with Gasteiger partial charge in [0.25, 0.3) is 0 Å². The van der Waals surface area contributed by atoms with Crippen LogP contribution in [-0.2, 0) is 0 Å². The second-order valence-corrected chi connectivity index (χ2v) is 4.87. The van der Waals surface area contributed by atoms with Crippen LogP contribution in [0.2, 0.25) is 0 Å². The van der Waals surface area contributed by atoms with Gasteiger partial charge in [-0.25, -0.2) is 9.97 Å². The summed E-state index contributed by atoms with van der Waals surface area (Å²) in [5.74, 6) is 2.34. The van der Waals surface area contributed by atoms with Gasteiger partial charge in [-0.15, -0.1) is 0 Å². The number of aromatic nitrogens is 2. The zero-order valence-corrected chi connectivity index (χ0v) is 12.6. The maximum absolute atomic E-state index is 5.23. The molecule has 0 unspecified atom stereocenters. The number of anilines is 3. The molecule has 1 aromatic heterocycles. The Bertz CT molecular complexity index is 589. The van der Waals surface area contributed by atoms with Crippen molar-refractivity contribution < 1.29 is 4.74 Å². The highest BCUT2D eigenvalue weighted by atomic mass is 79.9. The van der Waals surface area contributed by atoms with Gasteiger partial charge >= 0.3 is 0 Å². The Kier molecular flexibility index (Phi) is 4.21. The van der Waals surface area contributed by atoms with E-state index in [9.17, 15) is 0 Å². The molecule has 1 aromatic carbocycles. The molecule has 0 aliphatic carbocycles. The average Bonchev–Trinajstić information content (AvgIpc) is 2.40. The van der Waals surface area contributed by atoms with Crippen LogP contribution in [0.4, 0.5) is 17.3 Å². The number of nitrogens with zero attached hydrogens (tertiary/aromatic N) is 2. The molecule has 19 heavy (non-hydrogen) atoms. The first-order chi connectivity index (χ1) is 9.13. The van der Waals surface area contributed by atoms with Crippen molar-refractivity contribution in [2.45, 2.75) is 6.92 Å². The zero-order chi connectivity index (χ0) is 13.8. The first kappa shape index (κ1) is 13.6. The van der Waals surface area contributed by atoms with E-state index in [0.29, 0.717) is 0 Å². The van der Waals surface area contributed by atoms with Gasteiger partial charge in [-0.3, -0.25) is 0 Å². The zero-order valence-electron chi connectivity index (χ0n) is 11.0.